The van der Waals surface area contributed by atoms with E-state index < -0.39 is 0 Å². The highest BCUT2D eigenvalue weighted by molar-refractivity contribution is 7.15. The van der Waals surface area contributed by atoms with Gasteiger partial charge in [0.2, 0.25) is 4.96 Å². The number of hydrogen-bond donors (Lipinski definition) is 0. The minimum absolute atomic E-state index is 0.243. The molecule has 0 aliphatic rings. The van der Waals surface area contributed by atoms with Crippen molar-refractivity contribution < 1.29 is 9.47 Å². The highest BCUT2D eigenvalue weighted by Crippen LogP contribution is 2.32. The molecule has 0 saturated heterocycles. The monoisotopic (exact) mass is 609 g/mol. The lowest BCUT2D eigenvalue weighted by Crippen LogP contribution is -2.23. The predicted octanol–water partition coefficient (Wildman–Crippen LogP) is 6.56. The number of fused-ring (bicyclic) bond motifs is 1. The molecular formula is C33H28ClN5O3S. The van der Waals surface area contributed by atoms with Crippen molar-refractivity contribution in [1.29, 1.82) is 0 Å². The number of rotatable bonds is 10. The molecule has 43 heavy (non-hydrogen) atoms. The van der Waals surface area contributed by atoms with E-state index in [9.17, 15) is 4.79 Å². The van der Waals surface area contributed by atoms with Crippen LogP contribution in [0.5, 0.6) is 11.5 Å². The van der Waals surface area contributed by atoms with Crippen LogP contribution in [0.2, 0.25) is 5.02 Å². The van der Waals surface area contributed by atoms with Gasteiger partial charge in [0.1, 0.15) is 17.2 Å². The molecule has 0 amide bonds. The van der Waals surface area contributed by atoms with Crippen molar-refractivity contribution in [3.05, 3.63) is 116 Å². The zero-order valence-electron chi connectivity index (χ0n) is 23.6. The molecule has 10 heteroatoms. The molecule has 8 nitrogen and oxygen atoms in total. The highest BCUT2D eigenvalue weighted by atomic mass is 35.5. The van der Waals surface area contributed by atoms with Gasteiger partial charge in [-0.1, -0.05) is 66.3 Å². The maximum atomic E-state index is 13.4. The van der Waals surface area contributed by atoms with E-state index in [-0.39, 0.29) is 5.56 Å². The molecule has 0 unspecified atom stereocenters. The van der Waals surface area contributed by atoms with Crippen LogP contribution in [-0.2, 0) is 0 Å². The Labute approximate surface area is 257 Å². The topological polar surface area (TPSA) is 83.5 Å². The molecule has 0 atom stereocenters. The summed E-state index contributed by atoms with van der Waals surface area (Å²) in [6.45, 7) is 5.19. The van der Waals surface area contributed by atoms with Gasteiger partial charge in [-0.25, -0.2) is 4.68 Å². The fraction of sp³-hybridized carbons (Fsp3) is 0.152. The third-order valence-corrected chi connectivity index (χ3v) is 7.79. The summed E-state index contributed by atoms with van der Waals surface area (Å²) < 4.78 is 14.9. The van der Waals surface area contributed by atoms with Crippen molar-refractivity contribution in [2.45, 2.75) is 20.3 Å². The molecule has 216 valence electrons. The lowest BCUT2D eigenvalue weighted by atomic mass is 10.1. The molecular weight excluding hydrogens is 582 g/mol. The van der Waals surface area contributed by atoms with Crippen LogP contribution < -0.4 is 19.6 Å². The van der Waals surface area contributed by atoms with E-state index in [4.69, 9.17) is 26.2 Å². The minimum atomic E-state index is -0.243. The maximum Gasteiger partial charge on any atom is 0.291 e. The quantitative estimate of drug-likeness (QED) is 0.175. The van der Waals surface area contributed by atoms with Gasteiger partial charge in [0, 0.05) is 17.3 Å². The van der Waals surface area contributed by atoms with E-state index in [0.29, 0.717) is 45.0 Å². The minimum Gasteiger partial charge on any atom is -0.494 e. The maximum absolute atomic E-state index is 13.4. The fourth-order valence-electron chi connectivity index (χ4n) is 4.48. The summed E-state index contributed by atoms with van der Waals surface area (Å²) in [5, 5.41) is 9.79. The Hall–Kier alpha value is -4.73. The number of para-hydroxylation sites is 1. The molecule has 3 aromatic heterocycles. The van der Waals surface area contributed by atoms with Crippen LogP contribution in [0.15, 0.2) is 83.8 Å². The average Bonchev–Trinajstić information content (AvgIpc) is 3.71. The molecule has 6 rings (SSSR count). The zero-order chi connectivity index (χ0) is 29.8. The molecule has 3 heterocycles. The van der Waals surface area contributed by atoms with Gasteiger partial charge < -0.3 is 9.47 Å². The van der Waals surface area contributed by atoms with Crippen molar-refractivity contribution in [2.24, 2.45) is 0 Å². The summed E-state index contributed by atoms with van der Waals surface area (Å²) in [7, 11) is 0. The molecule has 0 radical (unpaired) electrons. The third-order valence-electron chi connectivity index (χ3n) is 6.53. The van der Waals surface area contributed by atoms with Gasteiger partial charge in [0.25, 0.3) is 5.56 Å². The van der Waals surface area contributed by atoms with Gasteiger partial charge in [-0.15, -0.1) is 5.10 Å². The lowest BCUT2D eigenvalue weighted by Gasteiger charge is -2.07. The molecule has 6 aromatic rings. The summed E-state index contributed by atoms with van der Waals surface area (Å²) in [6.07, 6.45) is 8.39. The first-order chi connectivity index (χ1) is 21.0. The van der Waals surface area contributed by atoms with E-state index in [2.05, 4.69) is 17.0 Å². The first-order valence-electron chi connectivity index (χ1n) is 13.9. The van der Waals surface area contributed by atoms with Gasteiger partial charge in [0.15, 0.2) is 5.82 Å². The van der Waals surface area contributed by atoms with E-state index >= 15 is 0 Å². The van der Waals surface area contributed by atoms with Crippen molar-refractivity contribution in [3.63, 3.8) is 0 Å². The van der Waals surface area contributed by atoms with Crippen molar-refractivity contribution in [2.75, 3.05) is 13.2 Å². The Balaban J connectivity index is 1.34. The van der Waals surface area contributed by atoms with E-state index in [1.165, 1.54) is 15.9 Å². The molecule has 0 saturated carbocycles. The molecule has 0 aliphatic carbocycles. The van der Waals surface area contributed by atoms with Crippen LogP contribution in [0.3, 0.4) is 0 Å². The highest BCUT2D eigenvalue weighted by Gasteiger charge is 2.15. The van der Waals surface area contributed by atoms with Crippen LogP contribution in [0.1, 0.15) is 37.2 Å². The fourth-order valence-corrected chi connectivity index (χ4v) is 5.62. The van der Waals surface area contributed by atoms with E-state index in [1.807, 2.05) is 98.1 Å². The van der Waals surface area contributed by atoms with Gasteiger partial charge in [0.05, 0.1) is 28.5 Å². The van der Waals surface area contributed by atoms with Crippen molar-refractivity contribution in [1.82, 2.24) is 24.4 Å². The summed E-state index contributed by atoms with van der Waals surface area (Å²) in [6, 6.07) is 23.2. The second-order valence-electron chi connectivity index (χ2n) is 9.62. The standard InChI is InChI=1S/C33H28ClN5O3S/c1-3-18-42-26-14-10-22(11-15-26)12-17-30-35-33-39(36-30)32(40)29(43-33)20-24-21-38(25-8-6-5-7-9-25)37-31(24)23-13-16-28(41-4-2)27(34)19-23/h5-17,19-21H,3-4,18H2,1-2H3/b17-12+,29-20-. The number of ether oxygens (including phenoxy) is 2. The molecule has 0 N–H and O–H groups in total. The number of hydrogen-bond acceptors (Lipinski definition) is 7. The first kappa shape index (κ1) is 28.4. The molecule has 3 aromatic carbocycles. The predicted molar refractivity (Wildman–Crippen MR) is 172 cm³/mol. The second-order valence-corrected chi connectivity index (χ2v) is 11.0. The Kier molecular flexibility index (Phi) is 8.35. The average molecular weight is 610 g/mol. The van der Waals surface area contributed by atoms with Gasteiger partial charge in [-0.3, -0.25) is 4.79 Å². The molecule has 0 bridgehead atoms. The largest absolute Gasteiger partial charge is 0.494 e. The van der Waals surface area contributed by atoms with Crippen molar-refractivity contribution in [3.8, 4) is 28.4 Å². The van der Waals surface area contributed by atoms with E-state index in [1.54, 1.807) is 10.8 Å². The Morgan fingerprint density at radius 3 is 2.49 bits per heavy atom. The molecule has 0 fully saturated rings. The van der Waals surface area contributed by atoms with Gasteiger partial charge >= 0.3 is 0 Å². The number of nitrogens with zero attached hydrogens (tertiary/aromatic N) is 5. The van der Waals surface area contributed by atoms with Crippen LogP contribution in [0, 0.1) is 0 Å². The normalized spacial score (nSPS) is 12.0. The van der Waals surface area contributed by atoms with Crippen molar-refractivity contribution >= 4 is 46.1 Å². The SMILES string of the molecule is CCCOc1ccc(/C=C/c2nc3s/c(=C\c4cn(-c5ccccc5)nc4-c4ccc(OCC)c(Cl)c4)c(=O)n3n2)cc1. The van der Waals surface area contributed by atoms with E-state index in [0.717, 1.165) is 34.5 Å². The Bertz CT molecular complexity index is 2010. The Morgan fingerprint density at radius 1 is 0.953 bits per heavy atom. The van der Waals surface area contributed by atoms with Crippen LogP contribution in [0.4, 0.5) is 0 Å². The summed E-state index contributed by atoms with van der Waals surface area (Å²) in [5.41, 5.74) is 3.88. The van der Waals surface area contributed by atoms with Gasteiger partial charge in [-0.05, 0) is 73.5 Å². The lowest BCUT2D eigenvalue weighted by molar-refractivity contribution is 0.317. The summed E-state index contributed by atoms with van der Waals surface area (Å²) >= 11 is 7.79. The van der Waals surface area contributed by atoms with Crippen LogP contribution in [-0.4, -0.2) is 37.6 Å². The third kappa shape index (κ3) is 6.23. The summed E-state index contributed by atoms with van der Waals surface area (Å²) in [5.74, 6) is 1.90. The number of halogens is 1. The van der Waals surface area contributed by atoms with Crippen LogP contribution >= 0.6 is 22.9 Å². The molecule has 0 aliphatic heterocycles. The smallest absolute Gasteiger partial charge is 0.291 e. The number of benzene rings is 3. The summed E-state index contributed by atoms with van der Waals surface area (Å²) in [4.78, 5) is 18.5. The second kappa shape index (κ2) is 12.6. The number of thiazole rings is 1. The Morgan fingerprint density at radius 2 is 1.77 bits per heavy atom. The van der Waals surface area contributed by atoms with Crippen LogP contribution in [0.25, 0.3) is 40.1 Å². The number of aromatic nitrogens is 5. The first-order valence-corrected chi connectivity index (χ1v) is 15.1. The zero-order valence-corrected chi connectivity index (χ0v) is 25.2. The molecule has 0 spiro atoms. The van der Waals surface area contributed by atoms with Gasteiger partial charge in [-0.2, -0.15) is 14.6 Å².